The number of aromatic hydroxyl groups is 1. The first kappa shape index (κ1) is 8.87. The lowest BCUT2D eigenvalue weighted by Gasteiger charge is -2.05. The molecule has 1 heterocycles. The first-order valence-corrected chi connectivity index (χ1v) is 5.08. The van der Waals surface area contributed by atoms with Gasteiger partial charge in [0.2, 0.25) is 0 Å². The van der Waals surface area contributed by atoms with E-state index < -0.39 is 0 Å². The molecule has 1 aromatic carbocycles. The van der Waals surface area contributed by atoms with Gasteiger partial charge in [-0.15, -0.1) is 24.0 Å². The molecule has 0 spiro atoms. The highest BCUT2D eigenvalue weighted by molar-refractivity contribution is 7.80. The molecule has 0 saturated carbocycles. The van der Waals surface area contributed by atoms with Crippen molar-refractivity contribution in [1.82, 2.24) is 0 Å². The van der Waals surface area contributed by atoms with Gasteiger partial charge in [-0.25, -0.2) is 0 Å². The molecule has 0 bridgehead atoms. The van der Waals surface area contributed by atoms with Crippen LogP contribution in [0.25, 0.3) is 10.1 Å². The number of aliphatic hydroxyl groups excluding tert-OH is 1. The Morgan fingerprint density at radius 1 is 1.46 bits per heavy atom. The Morgan fingerprint density at radius 3 is 2.92 bits per heavy atom. The molecule has 0 saturated heterocycles. The minimum atomic E-state index is -0.0968. The summed E-state index contributed by atoms with van der Waals surface area (Å²) in [5, 5.41) is 21.5. The minimum Gasteiger partial charge on any atom is -0.507 e. The van der Waals surface area contributed by atoms with E-state index in [4.69, 9.17) is 5.11 Å². The zero-order valence-corrected chi connectivity index (χ0v) is 8.40. The van der Waals surface area contributed by atoms with Gasteiger partial charge in [0.05, 0.1) is 11.5 Å². The van der Waals surface area contributed by atoms with Gasteiger partial charge in [-0.2, -0.15) is 0 Å². The molecule has 2 N–H and O–H groups in total. The molecule has 0 atom stereocenters. The van der Waals surface area contributed by atoms with Crippen molar-refractivity contribution in [1.29, 1.82) is 0 Å². The third-order valence-corrected chi connectivity index (χ3v) is 3.34. The average Bonchev–Trinajstić information content (AvgIpc) is 2.54. The highest BCUT2D eigenvalue weighted by atomic mass is 32.1. The lowest BCUT2D eigenvalue weighted by atomic mass is 10.1. The lowest BCUT2D eigenvalue weighted by Crippen LogP contribution is -1.86. The van der Waals surface area contributed by atoms with Crippen LogP contribution in [0.3, 0.4) is 0 Å². The molecule has 0 unspecified atom stereocenters. The minimum absolute atomic E-state index is 0.0968. The van der Waals surface area contributed by atoms with Crippen LogP contribution in [0.5, 0.6) is 5.75 Å². The van der Waals surface area contributed by atoms with E-state index in [1.807, 2.05) is 11.4 Å². The van der Waals surface area contributed by atoms with Crippen molar-refractivity contribution in [3.8, 4) is 5.75 Å². The third-order valence-electron chi connectivity index (χ3n) is 1.97. The summed E-state index contributed by atoms with van der Waals surface area (Å²) in [6, 6.07) is 3.59. The second-order valence-corrected chi connectivity index (χ2v) is 4.11. The maximum absolute atomic E-state index is 9.47. The number of aliphatic hydroxyl groups is 1. The fraction of sp³-hybridized carbons (Fsp3) is 0.111. The van der Waals surface area contributed by atoms with Crippen molar-refractivity contribution in [2.45, 2.75) is 11.5 Å². The van der Waals surface area contributed by atoms with Crippen LogP contribution in [0, 0.1) is 0 Å². The van der Waals surface area contributed by atoms with E-state index in [0.29, 0.717) is 10.5 Å². The fourth-order valence-electron chi connectivity index (χ4n) is 1.32. The Balaban J connectivity index is 2.87. The van der Waals surface area contributed by atoms with E-state index in [9.17, 15) is 5.11 Å². The van der Waals surface area contributed by atoms with Crippen LogP contribution in [-0.4, -0.2) is 10.2 Å². The maximum Gasteiger partial charge on any atom is 0.130 e. The van der Waals surface area contributed by atoms with E-state index >= 15 is 0 Å². The van der Waals surface area contributed by atoms with Crippen LogP contribution in [-0.2, 0) is 6.61 Å². The van der Waals surface area contributed by atoms with E-state index in [1.165, 1.54) is 11.3 Å². The van der Waals surface area contributed by atoms with Gasteiger partial charge in [0.1, 0.15) is 5.75 Å². The number of thiol groups is 1. The number of hydrogen-bond acceptors (Lipinski definition) is 4. The zero-order valence-electron chi connectivity index (χ0n) is 6.69. The molecule has 13 heavy (non-hydrogen) atoms. The number of thiophene rings is 1. The maximum atomic E-state index is 9.47. The van der Waals surface area contributed by atoms with Crippen molar-refractivity contribution < 1.29 is 10.2 Å². The summed E-state index contributed by atoms with van der Waals surface area (Å²) < 4.78 is 0.972. The molecular weight excluding hydrogens is 204 g/mol. The quantitative estimate of drug-likeness (QED) is 0.635. The summed E-state index contributed by atoms with van der Waals surface area (Å²) in [6.45, 7) is -0.0968. The van der Waals surface area contributed by atoms with E-state index in [-0.39, 0.29) is 12.4 Å². The van der Waals surface area contributed by atoms with Crippen LogP contribution in [0.2, 0.25) is 0 Å². The number of benzene rings is 1. The fourth-order valence-corrected chi connectivity index (χ4v) is 2.42. The van der Waals surface area contributed by atoms with Gasteiger partial charge >= 0.3 is 0 Å². The number of rotatable bonds is 1. The van der Waals surface area contributed by atoms with Crippen molar-refractivity contribution in [3.63, 3.8) is 0 Å². The number of hydrogen-bond donors (Lipinski definition) is 3. The summed E-state index contributed by atoms with van der Waals surface area (Å²) in [5.41, 5.74) is 0.694. The van der Waals surface area contributed by atoms with Crippen molar-refractivity contribution >= 4 is 34.1 Å². The van der Waals surface area contributed by atoms with Crippen molar-refractivity contribution in [2.24, 2.45) is 0 Å². The topological polar surface area (TPSA) is 40.5 Å². The van der Waals surface area contributed by atoms with Crippen molar-refractivity contribution in [2.75, 3.05) is 0 Å². The number of fused-ring (bicyclic) bond motifs is 1. The van der Waals surface area contributed by atoms with Crippen LogP contribution in [0.1, 0.15) is 5.56 Å². The Morgan fingerprint density at radius 2 is 2.23 bits per heavy atom. The number of phenolic OH excluding ortho intramolecular Hbond substituents is 1. The van der Waals surface area contributed by atoms with Crippen molar-refractivity contribution in [3.05, 3.63) is 23.1 Å². The highest BCUT2D eigenvalue weighted by Crippen LogP contribution is 2.35. The molecule has 2 rings (SSSR count). The Bertz CT molecular complexity index is 448. The van der Waals surface area contributed by atoms with E-state index in [2.05, 4.69) is 12.6 Å². The summed E-state index contributed by atoms with van der Waals surface area (Å²) >= 11 is 5.67. The number of phenols is 1. The summed E-state index contributed by atoms with van der Waals surface area (Å²) in [5.74, 6) is 0.127. The molecule has 68 valence electrons. The Kier molecular flexibility index (Phi) is 2.19. The first-order valence-electron chi connectivity index (χ1n) is 3.76. The molecule has 0 radical (unpaired) electrons. The van der Waals surface area contributed by atoms with E-state index in [0.717, 1.165) is 10.1 Å². The third kappa shape index (κ3) is 1.31. The predicted molar refractivity (Wildman–Crippen MR) is 56.7 cm³/mol. The molecule has 0 aliphatic heterocycles. The van der Waals surface area contributed by atoms with Crippen LogP contribution < -0.4 is 0 Å². The molecule has 1 aromatic heterocycles. The standard InChI is InChI=1S/C9H8O2S2/c10-4-6-5-1-2-13-8(5)3-7(11)9(6)12/h1-3,10-12H,4H2. The molecule has 0 fully saturated rings. The highest BCUT2D eigenvalue weighted by Gasteiger charge is 2.09. The van der Waals surface area contributed by atoms with Gasteiger partial charge in [-0.3, -0.25) is 0 Å². The summed E-state index contributed by atoms with van der Waals surface area (Å²) in [6.07, 6.45) is 0. The SMILES string of the molecule is OCc1c(S)c(O)cc2sccc12. The molecule has 0 aliphatic rings. The monoisotopic (exact) mass is 212 g/mol. The van der Waals surface area contributed by atoms with Gasteiger partial charge < -0.3 is 10.2 Å². The lowest BCUT2D eigenvalue weighted by molar-refractivity contribution is 0.279. The van der Waals surface area contributed by atoms with Gasteiger partial charge in [0.15, 0.2) is 0 Å². The van der Waals surface area contributed by atoms with Crippen LogP contribution in [0.15, 0.2) is 22.4 Å². The first-order chi connectivity index (χ1) is 6.24. The molecular formula is C9H8O2S2. The van der Waals surface area contributed by atoms with Crippen LogP contribution >= 0.6 is 24.0 Å². The predicted octanol–water partition coefficient (Wildman–Crippen LogP) is 2.39. The molecule has 0 aliphatic carbocycles. The summed E-state index contributed by atoms with van der Waals surface area (Å²) in [4.78, 5) is 0.466. The Labute approximate surface area is 84.9 Å². The Hall–Kier alpha value is -0.710. The van der Waals surface area contributed by atoms with Gasteiger partial charge in [-0.1, -0.05) is 0 Å². The molecule has 0 amide bonds. The molecule has 4 heteroatoms. The van der Waals surface area contributed by atoms with Crippen LogP contribution in [0.4, 0.5) is 0 Å². The second kappa shape index (κ2) is 3.21. The van der Waals surface area contributed by atoms with Gasteiger partial charge in [-0.05, 0) is 22.9 Å². The zero-order chi connectivity index (χ0) is 9.42. The molecule has 2 nitrogen and oxygen atoms in total. The van der Waals surface area contributed by atoms with Gasteiger partial charge in [0, 0.05) is 10.3 Å². The second-order valence-electron chi connectivity index (χ2n) is 2.71. The smallest absolute Gasteiger partial charge is 0.130 e. The van der Waals surface area contributed by atoms with Gasteiger partial charge in [0.25, 0.3) is 0 Å². The van der Waals surface area contributed by atoms with E-state index in [1.54, 1.807) is 6.07 Å². The average molecular weight is 212 g/mol. The largest absolute Gasteiger partial charge is 0.507 e. The molecule has 2 aromatic rings. The normalized spacial score (nSPS) is 10.9. The summed E-state index contributed by atoms with van der Waals surface area (Å²) in [7, 11) is 0.